The molecule has 0 amide bonds. The smallest absolute Gasteiger partial charge is 0.378 e. The van der Waals surface area contributed by atoms with Gasteiger partial charge in [-0.05, 0) is 57.1 Å². The maximum atomic E-state index is 13.2. The molecule has 180 valence electrons. The van der Waals surface area contributed by atoms with E-state index in [1.54, 1.807) is 4.57 Å². The number of rotatable bonds is 5. The molecule has 10 heteroatoms. The summed E-state index contributed by atoms with van der Waals surface area (Å²) in [6.45, 7) is 4.76. The number of H-pyrrole nitrogens is 1. The molecule has 2 aromatic rings. The van der Waals surface area contributed by atoms with E-state index in [2.05, 4.69) is 32.7 Å². The van der Waals surface area contributed by atoms with Crippen LogP contribution in [0.25, 0.3) is 11.0 Å². The van der Waals surface area contributed by atoms with Crippen LogP contribution in [-0.4, -0.2) is 46.3 Å². The second-order valence-corrected chi connectivity index (χ2v) is 9.57. The van der Waals surface area contributed by atoms with E-state index in [1.807, 2.05) is 0 Å². The first-order valence-corrected chi connectivity index (χ1v) is 11.9. The second kappa shape index (κ2) is 10.5. The lowest BCUT2D eigenvalue weighted by Crippen LogP contribution is -2.45. The lowest BCUT2D eigenvalue weighted by atomic mass is 9.90. The molecule has 0 radical (unpaired) electrons. The summed E-state index contributed by atoms with van der Waals surface area (Å²) in [5.41, 5.74) is -0.361. The number of aromatic nitrogens is 2. The molecule has 0 atom stereocenters. The molecule has 2 aliphatic rings. The van der Waals surface area contributed by atoms with Gasteiger partial charge in [0.1, 0.15) is 0 Å². The van der Waals surface area contributed by atoms with Crippen LogP contribution in [0.3, 0.4) is 0 Å². The van der Waals surface area contributed by atoms with Gasteiger partial charge in [0, 0.05) is 36.3 Å². The molecule has 4 rings (SSSR count). The Kier molecular flexibility index (Phi) is 8.39. The Bertz CT molecular complexity index is 962. The van der Waals surface area contributed by atoms with Gasteiger partial charge in [-0.15, -0.1) is 12.4 Å². The molecule has 1 saturated carbocycles. The fraction of sp³-hybridized carbons (Fsp3) is 0.682. The molecule has 1 N–H and O–H groups in total. The van der Waals surface area contributed by atoms with Gasteiger partial charge in [-0.1, -0.05) is 22.9 Å². The summed E-state index contributed by atoms with van der Waals surface area (Å²) >= 11 is 3.03. The number of imidazole rings is 1. The molecule has 0 bridgehead atoms. The zero-order valence-electron chi connectivity index (χ0n) is 18.1. The minimum absolute atomic E-state index is 0. The molecule has 2 heterocycles. The molecule has 1 aromatic heterocycles. The van der Waals surface area contributed by atoms with Gasteiger partial charge in [0.05, 0.1) is 22.7 Å². The Balaban J connectivity index is 0.00000289. The van der Waals surface area contributed by atoms with Gasteiger partial charge in [0.15, 0.2) is 0 Å². The highest BCUT2D eigenvalue weighted by atomic mass is 79.9. The predicted octanol–water partition coefficient (Wildman–Crippen LogP) is 5.91. The maximum Gasteiger partial charge on any atom is 0.417 e. The van der Waals surface area contributed by atoms with E-state index in [9.17, 15) is 18.0 Å². The number of likely N-dealkylation sites (tertiary alicyclic amines) is 1. The third-order valence-electron chi connectivity index (χ3n) is 6.69. The van der Waals surface area contributed by atoms with Crippen molar-refractivity contribution in [3.8, 4) is 0 Å². The lowest BCUT2D eigenvalue weighted by Gasteiger charge is -2.41. The first-order chi connectivity index (χ1) is 14.8. The van der Waals surface area contributed by atoms with Crippen molar-refractivity contribution in [3.05, 3.63) is 32.7 Å². The van der Waals surface area contributed by atoms with E-state index >= 15 is 0 Å². The van der Waals surface area contributed by atoms with Crippen LogP contribution in [0.1, 0.15) is 63.5 Å². The quantitative estimate of drug-likeness (QED) is 0.513. The summed E-state index contributed by atoms with van der Waals surface area (Å²) in [6, 6.07) is 2.99. The van der Waals surface area contributed by atoms with Gasteiger partial charge in [-0.25, -0.2) is 4.79 Å². The highest BCUT2D eigenvalue weighted by Gasteiger charge is 2.35. The van der Waals surface area contributed by atoms with Gasteiger partial charge in [0.2, 0.25) is 0 Å². The average molecular weight is 541 g/mol. The number of piperidine rings is 1. The lowest BCUT2D eigenvalue weighted by molar-refractivity contribution is -0.138. The molecule has 0 unspecified atom stereocenters. The second-order valence-electron chi connectivity index (χ2n) is 8.72. The number of alkyl halides is 3. The van der Waals surface area contributed by atoms with Crippen LogP contribution in [0.2, 0.25) is 0 Å². The van der Waals surface area contributed by atoms with E-state index in [0.29, 0.717) is 17.7 Å². The molecule has 0 spiro atoms. The van der Waals surface area contributed by atoms with Gasteiger partial charge in [-0.2, -0.15) is 13.2 Å². The molecule has 1 aromatic carbocycles. The van der Waals surface area contributed by atoms with Crippen molar-refractivity contribution >= 4 is 39.4 Å². The Labute approximate surface area is 200 Å². The summed E-state index contributed by atoms with van der Waals surface area (Å²) in [4.78, 5) is 17.7. The number of aromatic amines is 1. The number of halogens is 5. The SMILES string of the molecule is CCCO[C@H]1CC[C@H](N2CCC(n3c(=O)[nH]c4cc(C(F)(F)F)c(Br)cc43)CC2)CC1.Cl. The molecule has 5 nitrogen and oxygen atoms in total. The number of ether oxygens (including phenoxy) is 1. The van der Waals surface area contributed by atoms with Gasteiger partial charge < -0.3 is 14.6 Å². The van der Waals surface area contributed by atoms with Crippen LogP contribution in [0.15, 0.2) is 21.4 Å². The number of nitrogens with zero attached hydrogens (tertiary/aromatic N) is 2. The standard InChI is InChI=1S/C22H29BrF3N3O2.ClH/c1-2-11-31-16-5-3-14(4-6-16)28-9-7-15(8-10-28)29-20-13-18(23)17(22(24,25)26)12-19(20)27-21(29)30;/h12-16H,2-11H2,1H3,(H,27,30);1H/t14-,16-;. The number of hydrogen-bond acceptors (Lipinski definition) is 3. The van der Waals surface area contributed by atoms with Crippen molar-refractivity contribution < 1.29 is 17.9 Å². The Morgan fingerprint density at radius 3 is 2.34 bits per heavy atom. The van der Waals surface area contributed by atoms with Gasteiger partial charge in [-0.3, -0.25) is 4.57 Å². The van der Waals surface area contributed by atoms with Crippen LogP contribution in [-0.2, 0) is 10.9 Å². The van der Waals surface area contributed by atoms with E-state index in [0.717, 1.165) is 70.7 Å². The molecule has 1 saturated heterocycles. The average Bonchev–Trinajstić information content (AvgIpc) is 3.06. The fourth-order valence-corrected chi connectivity index (χ4v) is 5.65. The highest BCUT2D eigenvalue weighted by molar-refractivity contribution is 9.10. The topological polar surface area (TPSA) is 50.3 Å². The van der Waals surface area contributed by atoms with Crippen molar-refractivity contribution in [3.63, 3.8) is 0 Å². The van der Waals surface area contributed by atoms with E-state index in [-0.39, 0.29) is 34.1 Å². The number of hydrogen-bond donors (Lipinski definition) is 1. The fourth-order valence-electron chi connectivity index (χ4n) is 5.10. The monoisotopic (exact) mass is 539 g/mol. The van der Waals surface area contributed by atoms with Crippen molar-refractivity contribution in [2.75, 3.05) is 19.7 Å². The largest absolute Gasteiger partial charge is 0.417 e. The van der Waals surface area contributed by atoms with Gasteiger partial charge in [0.25, 0.3) is 0 Å². The van der Waals surface area contributed by atoms with E-state index < -0.39 is 11.7 Å². The van der Waals surface area contributed by atoms with Crippen LogP contribution < -0.4 is 5.69 Å². The molecule has 1 aliphatic carbocycles. The summed E-state index contributed by atoms with van der Waals surface area (Å²) in [5, 5.41) is 0. The van der Waals surface area contributed by atoms with Crippen LogP contribution >= 0.6 is 28.3 Å². The molecular formula is C22H30BrClF3N3O2. The van der Waals surface area contributed by atoms with Gasteiger partial charge >= 0.3 is 11.9 Å². The first kappa shape index (κ1) is 25.6. The highest BCUT2D eigenvalue weighted by Crippen LogP contribution is 2.38. The van der Waals surface area contributed by atoms with Crippen molar-refractivity contribution in [2.24, 2.45) is 0 Å². The maximum absolute atomic E-state index is 13.2. The zero-order valence-corrected chi connectivity index (χ0v) is 20.5. The van der Waals surface area contributed by atoms with Crippen molar-refractivity contribution in [1.29, 1.82) is 0 Å². The summed E-state index contributed by atoms with van der Waals surface area (Å²) in [7, 11) is 0. The summed E-state index contributed by atoms with van der Waals surface area (Å²) in [6.07, 6.45) is 3.07. The molecule has 1 aliphatic heterocycles. The Hall–Kier alpha value is -1.03. The van der Waals surface area contributed by atoms with Crippen LogP contribution in [0.4, 0.5) is 13.2 Å². The third kappa shape index (κ3) is 5.37. The van der Waals surface area contributed by atoms with E-state index in [1.165, 1.54) is 6.07 Å². The minimum atomic E-state index is -4.47. The first-order valence-electron chi connectivity index (χ1n) is 11.1. The normalized spacial score (nSPS) is 23.4. The van der Waals surface area contributed by atoms with E-state index in [4.69, 9.17) is 4.74 Å². The predicted molar refractivity (Wildman–Crippen MR) is 125 cm³/mol. The Morgan fingerprint density at radius 2 is 1.75 bits per heavy atom. The minimum Gasteiger partial charge on any atom is -0.378 e. The number of nitrogens with one attached hydrogen (secondary N) is 1. The van der Waals surface area contributed by atoms with Crippen molar-refractivity contribution in [1.82, 2.24) is 14.5 Å². The number of fused-ring (bicyclic) bond motifs is 1. The Morgan fingerprint density at radius 1 is 1.09 bits per heavy atom. The summed E-state index contributed by atoms with van der Waals surface area (Å²) in [5.74, 6) is 0. The summed E-state index contributed by atoms with van der Waals surface area (Å²) < 4.78 is 47.1. The van der Waals surface area contributed by atoms with Crippen LogP contribution in [0.5, 0.6) is 0 Å². The molecule has 2 fully saturated rings. The van der Waals surface area contributed by atoms with Crippen molar-refractivity contribution in [2.45, 2.75) is 76.2 Å². The molecular weight excluding hydrogens is 511 g/mol. The zero-order chi connectivity index (χ0) is 22.2. The third-order valence-corrected chi connectivity index (χ3v) is 7.35. The number of benzene rings is 1. The van der Waals surface area contributed by atoms with Crippen LogP contribution in [0, 0.1) is 0 Å². The molecule has 32 heavy (non-hydrogen) atoms.